The van der Waals surface area contributed by atoms with E-state index in [2.05, 4.69) is 101 Å². The second-order valence-corrected chi connectivity index (χ2v) is 10.8. The smallest absolute Gasteiger partial charge is 0.358 e. The molecule has 0 heterocycles. The van der Waals surface area contributed by atoms with Gasteiger partial charge in [-0.1, -0.05) is 82.3 Å². The second-order valence-electron chi connectivity index (χ2n) is 10.8. The van der Waals surface area contributed by atoms with Gasteiger partial charge in [-0.3, -0.25) is 6.08 Å². The topological polar surface area (TPSA) is 0 Å². The molecule has 0 saturated heterocycles. The maximum Gasteiger partial charge on any atom is -0.358 e. The van der Waals surface area contributed by atoms with Crippen molar-refractivity contribution >= 4 is 29.0 Å². The fourth-order valence-corrected chi connectivity index (χ4v) is 3.80. The van der Waals surface area contributed by atoms with Crippen LogP contribution in [-0.2, 0) is 41.5 Å². The number of halogens is 2. The van der Waals surface area contributed by atoms with E-state index in [1.54, 1.807) is 0 Å². The molecule has 0 N–H and O–H groups in total. The fourth-order valence-electron chi connectivity index (χ4n) is 3.80. The molecule has 2 aliphatic carbocycles. The van der Waals surface area contributed by atoms with Crippen molar-refractivity contribution < 1.29 is 24.2 Å². The van der Waals surface area contributed by atoms with Gasteiger partial charge in [0.2, 0.25) is 0 Å². The largest absolute Gasteiger partial charge is 0.358 e. The summed E-state index contributed by atoms with van der Waals surface area (Å²) >= 11 is 1.30. The first kappa shape index (κ1) is 38.5. The molecule has 3 heteroatoms. The van der Waals surface area contributed by atoms with E-state index in [1.807, 2.05) is 42.5 Å². The van der Waals surface area contributed by atoms with Gasteiger partial charge in [-0.2, -0.15) is 60.0 Å². The zero-order chi connectivity index (χ0) is 26.1. The fraction of sp³-hybridized carbons (Fsp3) is 0.286. The normalized spacial score (nSPS) is 11.7. The van der Waals surface area contributed by atoms with Gasteiger partial charge in [0.1, 0.15) is 0 Å². The van der Waals surface area contributed by atoms with Gasteiger partial charge in [0, 0.05) is 0 Å². The van der Waals surface area contributed by atoms with E-state index >= 15 is 0 Å². The van der Waals surface area contributed by atoms with Gasteiger partial charge in [-0.15, -0.1) is 48.9 Å². The number of hydrogen-bond donors (Lipinski definition) is 0. The molecule has 0 spiro atoms. The summed E-state index contributed by atoms with van der Waals surface area (Å²) in [6.45, 7) is 17.4. The van der Waals surface area contributed by atoms with E-state index < -0.39 is 0 Å². The molecule has 0 bridgehead atoms. The molecule has 0 nitrogen and oxygen atoms in total. The average molecular weight is 627 g/mol. The van der Waals surface area contributed by atoms with E-state index in [9.17, 15) is 0 Å². The maximum absolute atomic E-state index is 3.72. The molecule has 0 saturated carbocycles. The first-order valence-electron chi connectivity index (χ1n) is 12.2. The van der Waals surface area contributed by atoms with E-state index in [4.69, 9.17) is 0 Å². The van der Waals surface area contributed by atoms with Gasteiger partial charge in [0.25, 0.3) is 0 Å². The van der Waals surface area contributed by atoms with Gasteiger partial charge < -0.3 is 7.43 Å². The Kier molecular flexibility index (Phi) is 18.1. The summed E-state index contributed by atoms with van der Waals surface area (Å²) in [5.74, 6) is 0. The van der Waals surface area contributed by atoms with Crippen molar-refractivity contribution in [1.29, 1.82) is 0 Å². The van der Waals surface area contributed by atoms with Crippen LogP contribution in [0, 0.1) is 26.5 Å². The van der Waals surface area contributed by atoms with Crippen LogP contribution < -0.4 is 0 Å². The number of rotatable bonds is 0. The van der Waals surface area contributed by atoms with Crippen molar-refractivity contribution in [3.05, 3.63) is 133 Å². The summed E-state index contributed by atoms with van der Waals surface area (Å²) in [6, 6.07) is 24.9. The molecule has 0 atom stereocenters. The minimum atomic E-state index is 0. The summed E-state index contributed by atoms with van der Waals surface area (Å²) in [7, 11) is 0. The molecule has 0 aromatic heterocycles. The third-order valence-corrected chi connectivity index (χ3v) is 5.95. The summed E-state index contributed by atoms with van der Waals surface area (Å²) in [6.07, 6.45) is 11.0. The third-order valence-electron chi connectivity index (χ3n) is 5.95. The van der Waals surface area contributed by atoms with Crippen LogP contribution in [0.4, 0.5) is 0 Å². The Morgan fingerprint density at radius 1 is 0.816 bits per heavy atom. The number of fused-ring (bicyclic) bond motifs is 3. The minimum absolute atomic E-state index is 0. The van der Waals surface area contributed by atoms with E-state index in [0.717, 1.165) is 18.4 Å². The van der Waals surface area contributed by atoms with Crippen LogP contribution in [0.2, 0.25) is 0 Å². The molecule has 5 rings (SSSR count). The first-order valence-corrected chi connectivity index (χ1v) is 13.9. The van der Waals surface area contributed by atoms with Crippen LogP contribution in [0.5, 0.6) is 0 Å². The van der Waals surface area contributed by atoms with Gasteiger partial charge in [0.05, 0.1) is 0 Å². The summed E-state index contributed by atoms with van der Waals surface area (Å²) < 4.78 is 3.34. The van der Waals surface area contributed by atoms with Crippen LogP contribution in [0.1, 0.15) is 75.8 Å². The molecule has 0 unspecified atom stereocenters. The number of allylic oxidation sites excluding steroid dienone is 4. The van der Waals surface area contributed by atoms with Crippen molar-refractivity contribution in [2.45, 2.75) is 65.2 Å². The first-order chi connectivity index (χ1) is 16.6. The van der Waals surface area contributed by atoms with Gasteiger partial charge in [0.15, 0.2) is 0 Å². The molecular formula is C35H44Cl2Zr-4. The van der Waals surface area contributed by atoms with Crippen LogP contribution in [0.25, 0.3) is 11.1 Å². The summed E-state index contributed by atoms with van der Waals surface area (Å²) in [5.41, 5.74) is 9.83. The molecule has 0 aliphatic heterocycles. The Balaban J connectivity index is 0. The monoisotopic (exact) mass is 624 g/mol. The van der Waals surface area contributed by atoms with Crippen LogP contribution in [0.3, 0.4) is 0 Å². The zero-order valence-corrected chi connectivity index (χ0v) is 28.2. The summed E-state index contributed by atoms with van der Waals surface area (Å²) in [4.78, 5) is 0. The number of hydrogen-bond acceptors (Lipinski definition) is 0. The third kappa shape index (κ3) is 11.6. The van der Waals surface area contributed by atoms with Crippen molar-refractivity contribution in [2.75, 3.05) is 0 Å². The predicted molar refractivity (Wildman–Crippen MR) is 171 cm³/mol. The molecule has 0 radical (unpaired) electrons. The van der Waals surface area contributed by atoms with E-state index in [0.29, 0.717) is 0 Å². The van der Waals surface area contributed by atoms with E-state index in [-0.39, 0.29) is 43.1 Å². The van der Waals surface area contributed by atoms with E-state index in [1.165, 1.54) is 57.6 Å². The van der Waals surface area contributed by atoms with Crippen molar-refractivity contribution in [1.82, 2.24) is 0 Å². The molecule has 0 amide bonds. The molecular weight excluding hydrogens is 583 g/mol. The Bertz CT molecular complexity index is 1080. The Labute approximate surface area is 261 Å². The Morgan fingerprint density at radius 2 is 1.39 bits per heavy atom. The maximum atomic E-state index is 3.72. The predicted octanol–water partition coefficient (Wildman–Crippen LogP) is 10.1. The molecule has 3 aromatic rings. The van der Waals surface area contributed by atoms with Crippen LogP contribution in [-0.4, -0.2) is 4.21 Å². The van der Waals surface area contributed by atoms with Gasteiger partial charge >= 0.3 is 28.4 Å². The zero-order valence-electron chi connectivity index (χ0n) is 24.2. The minimum Gasteiger partial charge on any atom is -0.358 e. The van der Waals surface area contributed by atoms with Gasteiger partial charge in [-0.25, -0.2) is 12.2 Å². The second kappa shape index (κ2) is 17.8. The summed E-state index contributed by atoms with van der Waals surface area (Å²) in [5, 5.41) is 0. The van der Waals surface area contributed by atoms with Crippen molar-refractivity contribution in [3.8, 4) is 11.1 Å². The molecule has 0 fully saturated rings. The van der Waals surface area contributed by atoms with Gasteiger partial charge in [-0.05, 0) is 17.4 Å². The van der Waals surface area contributed by atoms with Crippen LogP contribution >= 0.6 is 24.8 Å². The van der Waals surface area contributed by atoms with Crippen LogP contribution in [0.15, 0.2) is 78.9 Å². The molecule has 206 valence electrons. The average Bonchev–Trinajstić information content (AvgIpc) is 3.51. The molecule has 3 aromatic carbocycles. The Hall–Kier alpha value is -1.66. The molecule has 38 heavy (non-hydrogen) atoms. The Morgan fingerprint density at radius 3 is 1.82 bits per heavy atom. The van der Waals surface area contributed by atoms with Crippen molar-refractivity contribution in [3.63, 3.8) is 0 Å². The standard InChI is InChI=1S/C21H25.C7H7.C5H5.CH3.CH2.2ClH.Zr/c1-20(2,3)16-9-7-14-11-15-8-10-17(21(4,5)6)13-19(15)18(14)12-16;1-7-5-3-2-4-6-7;1-2-4-5-3-1;;;;;/h7,9-10,12-13H,11H2,1-6H3;2-6H,1H2;1-3H,4H2;1H3;1H2;2*1H;/q4*-1;;;;. The molecule has 2 aliphatic rings. The van der Waals surface area contributed by atoms with Crippen molar-refractivity contribution in [2.24, 2.45) is 0 Å². The number of benzene rings is 3. The SMILES string of the molecule is CC(C)(C)c1c[c-]c2c(c1)-c1cc(C(C)(C)C)ccc1C2.Cl.Cl.[C-]1=CC=CC1.[CH2-]c1ccccc1.[CH2]=[Zr].[CH3-]. The quantitative estimate of drug-likeness (QED) is 0.170.